The number of nitrogen functional groups attached to an aromatic ring is 1. The third-order valence-corrected chi connectivity index (χ3v) is 8.28. The Labute approximate surface area is 185 Å². The Hall–Kier alpha value is -1.74. The average molecular weight is 510 g/mol. The second-order valence-electron chi connectivity index (χ2n) is 8.45. The van der Waals surface area contributed by atoms with Gasteiger partial charge in [0.05, 0.1) is 6.33 Å². The normalized spacial score (nSPS) is 35.4. The minimum atomic E-state index is -5.40. The molecule has 2 unspecified atom stereocenters. The van der Waals surface area contributed by atoms with Crippen LogP contribution >= 0.6 is 15.6 Å². The minimum absolute atomic E-state index is 0.0776. The van der Waals surface area contributed by atoms with Crippen molar-refractivity contribution in [1.82, 2.24) is 19.5 Å². The summed E-state index contributed by atoms with van der Waals surface area (Å²) >= 11 is 0. The van der Waals surface area contributed by atoms with Crippen LogP contribution in [0.4, 0.5) is 16.2 Å². The highest BCUT2D eigenvalue weighted by Gasteiger charge is 2.85. The zero-order chi connectivity index (χ0) is 24.1. The van der Waals surface area contributed by atoms with E-state index in [2.05, 4.69) is 23.8 Å². The van der Waals surface area contributed by atoms with E-state index in [1.807, 2.05) is 11.9 Å². The highest BCUT2D eigenvalue weighted by molar-refractivity contribution is 7.60. The quantitative estimate of drug-likeness (QED) is 0.309. The first-order valence-electron chi connectivity index (χ1n) is 9.73. The lowest BCUT2D eigenvalue weighted by atomic mass is 9.97. The number of aliphatic hydroxyl groups is 1. The number of alkyl halides is 1. The Morgan fingerprint density at radius 2 is 2.00 bits per heavy atom. The molecule has 2 aromatic rings. The van der Waals surface area contributed by atoms with Gasteiger partial charge in [-0.15, -0.1) is 0 Å². The molecule has 6 atom stereocenters. The summed E-state index contributed by atoms with van der Waals surface area (Å²) in [6.45, 7) is 0.987. The van der Waals surface area contributed by atoms with Crippen LogP contribution < -0.4 is 10.6 Å². The molecular formula is C15H21FN6O9P2. The van der Waals surface area contributed by atoms with Gasteiger partial charge >= 0.3 is 15.6 Å². The molecule has 0 amide bonds. The number of hydrogen-bond acceptors (Lipinski definition) is 11. The number of rotatable bonds is 7. The molecule has 18 heteroatoms. The van der Waals surface area contributed by atoms with Crippen molar-refractivity contribution in [2.45, 2.75) is 55.5 Å². The van der Waals surface area contributed by atoms with Gasteiger partial charge in [-0.05, 0) is 19.8 Å². The molecule has 15 nitrogen and oxygen atoms in total. The third kappa shape index (κ3) is 3.57. The number of fused-ring (bicyclic) bond motifs is 2. The highest BCUT2D eigenvalue weighted by Crippen LogP contribution is 2.68. The van der Waals surface area contributed by atoms with Crippen LogP contribution in [0.5, 0.6) is 0 Å². The molecule has 0 spiro atoms. The second kappa shape index (κ2) is 6.90. The molecule has 1 aliphatic heterocycles. The molecule has 3 fully saturated rings. The van der Waals surface area contributed by atoms with Crippen molar-refractivity contribution < 1.29 is 46.9 Å². The maximum Gasteiger partial charge on any atom is 0.481 e. The van der Waals surface area contributed by atoms with Gasteiger partial charge in [-0.2, -0.15) is 14.3 Å². The zero-order valence-corrected chi connectivity index (χ0v) is 19.0. The molecule has 33 heavy (non-hydrogen) atoms. The lowest BCUT2D eigenvalue weighted by Crippen LogP contribution is -2.45. The van der Waals surface area contributed by atoms with Crippen LogP contribution in [0.1, 0.15) is 26.0 Å². The van der Waals surface area contributed by atoms with Gasteiger partial charge in [-0.3, -0.25) is 9.09 Å². The highest BCUT2D eigenvalue weighted by atomic mass is 31.3. The summed E-state index contributed by atoms with van der Waals surface area (Å²) in [5.41, 5.74) is 1.31. The van der Waals surface area contributed by atoms with Gasteiger partial charge in [0.15, 0.2) is 34.5 Å². The summed E-state index contributed by atoms with van der Waals surface area (Å²) in [6, 6.07) is 0.276. The van der Waals surface area contributed by atoms with E-state index < -0.39 is 45.4 Å². The zero-order valence-electron chi connectivity index (χ0n) is 17.2. The summed E-state index contributed by atoms with van der Waals surface area (Å²) in [4.78, 5) is 41.5. The number of phosphoric ester groups is 1. The van der Waals surface area contributed by atoms with Gasteiger partial charge < -0.3 is 35.2 Å². The van der Waals surface area contributed by atoms with Gasteiger partial charge in [0.2, 0.25) is 5.95 Å². The summed E-state index contributed by atoms with van der Waals surface area (Å²) in [7, 11) is -8.91. The maximum absolute atomic E-state index is 15.9. The van der Waals surface area contributed by atoms with E-state index >= 15 is 4.39 Å². The predicted molar refractivity (Wildman–Crippen MR) is 107 cm³/mol. The standard InChI is InChI=1S/C15H21FN6O9P2/c1-14(16)12(29-8-9(15(8,14)23)30-33(27,28)31-32(24,25)26)22-5-18-7-10(21(2)6-3-4-6)19-13(17)20-11(7)22/h5-6,8-9,12,23H,3-4H2,1-2H3,(H,27,28)(H2,17,19,20)(H2,24,25,26)/t8-,9?,12-,14+,15+/m1/s1. The molecule has 0 radical (unpaired) electrons. The van der Waals surface area contributed by atoms with Crippen LogP contribution in [0, 0.1) is 0 Å². The smallest absolute Gasteiger partial charge is 0.381 e. The summed E-state index contributed by atoms with van der Waals surface area (Å²) in [5, 5.41) is 10.8. The molecule has 1 saturated heterocycles. The first-order valence-corrected chi connectivity index (χ1v) is 12.8. The van der Waals surface area contributed by atoms with Crippen molar-refractivity contribution in [1.29, 1.82) is 0 Å². The fraction of sp³-hybridized carbons (Fsp3) is 0.667. The summed E-state index contributed by atoms with van der Waals surface area (Å²) < 4.78 is 53.6. The van der Waals surface area contributed by atoms with Crippen LogP contribution in [0.2, 0.25) is 0 Å². The SMILES string of the molecule is CN(c1nc(N)nc2c1ncn2[C@@H]1O[C@@H]2C(OP(=O)(O)OP(=O)(O)O)[C@]2(O)[C@@]1(C)F)C1CC1. The fourth-order valence-corrected chi connectivity index (χ4v) is 6.03. The largest absolute Gasteiger partial charge is 0.481 e. The maximum atomic E-state index is 15.9. The number of phosphoric acid groups is 2. The Bertz CT molecular complexity index is 1230. The van der Waals surface area contributed by atoms with E-state index in [0.29, 0.717) is 11.3 Å². The number of nitrogens with zero attached hydrogens (tertiary/aromatic N) is 5. The topological polar surface area (TPSA) is 216 Å². The Kier molecular flexibility index (Phi) is 4.82. The first kappa shape index (κ1) is 23.0. The monoisotopic (exact) mass is 510 g/mol. The summed E-state index contributed by atoms with van der Waals surface area (Å²) in [6.07, 6.45) is -1.43. The molecule has 0 aromatic carbocycles. The van der Waals surface area contributed by atoms with E-state index in [1.165, 1.54) is 10.9 Å². The molecule has 5 rings (SSSR count). The number of aromatic nitrogens is 4. The molecule has 2 aromatic heterocycles. The molecular weight excluding hydrogens is 489 g/mol. The molecule has 0 bridgehead atoms. The van der Waals surface area contributed by atoms with Gasteiger partial charge in [-0.1, -0.05) is 0 Å². The third-order valence-electron chi connectivity index (χ3n) is 6.11. The lowest BCUT2D eigenvalue weighted by molar-refractivity contribution is -0.112. The van der Waals surface area contributed by atoms with E-state index in [4.69, 9.17) is 20.3 Å². The number of hydrogen-bond donors (Lipinski definition) is 5. The molecule has 3 heterocycles. The molecule has 3 aliphatic rings. The molecule has 2 aliphatic carbocycles. The first-order chi connectivity index (χ1) is 15.2. The fourth-order valence-electron chi connectivity index (χ4n) is 4.24. The van der Waals surface area contributed by atoms with Crippen molar-refractivity contribution in [3.63, 3.8) is 0 Å². The summed E-state index contributed by atoms with van der Waals surface area (Å²) in [5.74, 6) is 0.379. The van der Waals surface area contributed by atoms with Gasteiger partial charge in [0, 0.05) is 13.1 Å². The predicted octanol–water partition coefficient (Wildman–Crippen LogP) is -0.0277. The Morgan fingerprint density at radius 1 is 1.33 bits per heavy atom. The van der Waals surface area contributed by atoms with Crippen LogP contribution in [0.15, 0.2) is 6.33 Å². The number of imidazole rings is 1. The van der Waals surface area contributed by atoms with Crippen molar-refractivity contribution in [3.05, 3.63) is 6.33 Å². The Morgan fingerprint density at radius 3 is 2.55 bits per heavy atom. The van der Waals surface area contributed by atoms with Gasteiger partial charge in [0.1, 0.15) is 12.2 Å². The molecule has 182 valence electrons. The molecule has 2 saturated carbocycles. The van der Waals surface area contributed by atoms with Crippen LogP contribution in [-0.4, -0.2) is 75.9 Å². The van der Waals surface area contributed by atoms with E-state index in [1.54, 1.807) is 0 Å². The molecule has 6 N–H and O–H groups in total. The van der Waals surface area contributed by atoms with Crippen molar-refractivity contribution in [2.75, 3.05) is 17.7 Å². The average Bonchev–Trinajstić information content (AvgIpc) is 3.53. The van der Waals surface area contributed by atoms with E-state index in [0.717, 1.165) is 19.8 Å². The van der Waals surface area contributed by atoms with Crippen molar-refractivity contribution in [2.24, 2.45) is 0 Å². The number of anilines is 2. The number of ether oxygens (including phenoxy) is 1. The van der Waals surface area contributed by atoms with Crippen LogP contribution in [0.25, 0.3) is 11.2 Å². The van der Waals surface area contributed by atoms with Crippen LogP contribution in [-0.2, 0) is 22.7 Å². The Balaban J connectivity index is 1.44. The minimum Gasteiger partial charge on any atom is -0.381 e. The van der Waals surface area contributed by atoms with E-state index in [-0.39, 0.29) is 17.6 Å². The van der Waals surface area contributed by atoms with Crippen LogP contribution in [0.3, 0.4) is 0 Å². The van der Waals surface area contributed by atoms with Crippen molar-refractivity contribution in [3.8, 4) is 0 Å². The van der Waals surface area contributed by atoms with E-state index in [9.17, 15) is 19.1 Å². The van der Waals surface area contributed by atoms with Crippen molar-refractivity contribution >= 4 is 38.6 Å². The second-order valence-corrected chi connectivity index (χ2v) is 11.2. The number of nitrogens with two attached hydrogens (primary N) is 1. The lowest BCUT2D eigenvalue weighted by Gasteiger charge is -2.31. The van der Waals surface area contributed by atoms with Gasteiger partial charge in [-0.25, -0.2) is 18.5 Å². The number of halogens is 1. The van der Waals surface area contributed by atoms with Gasteiger partial charge in [0.25, 0.3) is 0 Å².